The number of carbonyl (C=O) groups is 2. The summed E-state index contributed by atoms with van der Waals surface area (Å²) in [6.45, 7) is 4.92. The fourth-order valence-electron chi connectivity index (χ4n) is 5.45. The number of rotatable bonds is 7. The molecule has 1 saturated heterocycles. The van der Waals surface area contributed by atoms with Gasteiger partial charge in [0.05, 0.1) is 24.5 Å². The molecule has 4 aromatic carbocycles. The molecular weight excluding hydrogens is 514 g/mol. The normalized spacial score (nSPS) is 16.9. The minimum absolute atomic E-state index is 0.0236. The van der Waals surface area contributed by atoms with E-state index in [0.29, 0.717) is 44.2 Å². The lowest BCUT2D eigenvalue weighted by Gasteiger charge is -2.46. The maximum absolute atomic E-state index is 14.1. The summed E-state index contributed by atoms with van der Waals surface area (Å²) in [6, 6.07) is 33.9. The highest BCUT2D eigenvalue weighted by atomic mass is 16.5. The van der Waals surface area contributed by atoms with Crippen LogP contribution in [0.4, 0.5) is 11.4 Å². The fraction of sp³-hybridized carbons (Fsp3) is 0.235. The first-order valence-corrected chi connectivity index (χ1v) is 14.0. The molecule has 208 valence electrons. The number of benzene rings is 4. The van der Waals surface area contributed by atoms with E-state index in [1.807, 2.05) is 103 Å². The van der Waals surface area contributed by atoms with Crippen molar-refractivity contribution in [3.05, 3.63) is 125 Å². The molecule has 2 aliphatic heterocycles. The van der Waals surface area contributed by atoms with Crippen molar-refractivity contribution in [2.45, 2.75) is 19.6 Å². The van der Waals surface area contributed by atoms with Crippen LogP contribution < -0.4 is 14.5 Å². The monoisotopic (exact) mass is 547 g/mol. The Bertz CT molecular complexity index is 1500. The molecule has 41 heavy (non-hydrogen) atoms. The summed E-state index contributed by atoms with van der Waals surface area (Å²) in [5, 5.41) is 0. The Hall–Kier alpha value is -4.62. The number of para-hydroxylation sites is 1. The van der Waals surface area contributed by atoms with Crippen molar-refractivity contribution in [2.24, 2.45) is 0 Å². The number of nitrogens with zero attached hydrogens (tertiary/aromatic N) is 3. The van der Waals surface area contributed by atoms with Gasteiger partial charge in [-0.05, 0) is 54.4 Å². The molecule has 0 saturated carbocycles. The minimum Gasteiger partial charge on any atom is -0.484 e. The number of aryl methyl sites for hydroxylation is 1. The van der Waals surface area contributed by atoms with Crippen LogP contribution in [0.25, 0.3) is 0 Å². The molecule has 1 atom stereocenters. The summed E-state index contributed by atoms with van der Waals surface area (Å²) in [7, 11) is 0. The van der Waals surface area contributed by atoms with Crippen LogP contribution in [0.5, 0.6) is 5.75 Å². The lowest BCUT2D eigenvalue weighted by Crippen LogP contribution is -2.49. The van der Waals surface area contributed by atoms with E-state index in [1.54, 1.807) is 4.90 Å². The van der Waals surface area contributed by atoms with E-state index in [0.717, 1.165) is 28.1 Å². The predicted octanol–water partition coefficient (Wildman–Crippen LogP) is 5.60. The highest BCUT2D eigenvalue weighted by Gasteiger charge is 2.39. The smallest absolute Gasteiger partial charge is 0.262 e. The highest BCUT2D eigenvalue weighted by molar-refractivity contribution is 6.12. The van der Waals surface area contributed by atoms with Crippen molar-refractivity contribution in [1.82, 2.24) is 4.90 Å². The number of anilines is 2. The third-order valence-corrected chi connectivity index (χ3v) is 7.61. The quantitative estimate of drug-likeness (QED) is 0.302. The first-order valence-electron chi connectivity index (χ1n) is 14.0. The topological polar surface area (TPSA) is 62.3 Å². The van der Waals surface area contributed by atoms with E-state index < -0.39 is 6.17 Å². The summed E-state index contributed by atoms with van der Waals surface area (Å²) in [4.78, 5) is 32.6. The third kappa shape index (κ3) is 5.67. The number of hydrogen-bond donors (Lipinski definition) is 0. The van der Waals surface area contributed by atoms with E-state index in [-0.39, 0.29) is 18.4 Å². The molecule has 0 aromatic heterocycles. The van der Waals surface area contributed by atoms with E-state index in [9.17, 15) is 9.59 Å². The van der Waals surface area contributed by atoms with Gasteiger partial charge in [0.2, 0.25) is 0 Å². The fourth-order valence-corrected chi connectivity index (χ4v) is 5.45. The lowest BCUT2D eigenvalue weighted by atomic mass is 9.99. The van der Waals surface area contributed by atoms with Gasteiger partial charge in [-0.3, -0.25) is 14.5 Å². The van der Waals surface area contributed by atoms with E-state index in [2.05, 4.69) is 17.0 Å². The number of amides is 2. The summed E-state index contributed by atoms with van der Waals surface area (Å²) >= 11 is 0. The molecule has 0 aliphatic carbocycles. The van der Waals surface area contributed by atoms with Crippen molar-refractivity contribution in [1.29, 1.82) is 0 Å². The number of morpholine rings is 1. The van der Waals surface area contributed by atoms with Crippen LogP contribution in [0, 0.1) is 6.92 Å². The number of hydrogen-bond acceptors (Lipinski definition) is 5. The minimum atomic E-state index is -0.399. The predicted molar refractivity (Wildman–Crippen MR) is 159 cm³/mol. The van der Waals surface area contributed by atoms with Crippen LogP contribution in [-0.4, -0.2) is 49.6 Å². The van der Waals surface area contributed by atoms with Gasteiger partial charge < -0.3 is 19.3 Å². The zero-order valence-corrected chi connectivity index (χ0v) is 23.1. The molecule has 2 aliphatic rings. The van der Waals surface area contributed by atoms with Gasteiger partial charge in [-0.2, -0.15) is 0 Å². The Morgan fingerprint density at radius 3 is 2.27 bits per heavy atom. The second-order valence-corrected chi connectivity index (χ2v) is 10.4. The number of fused-ring (bicyclic) bond motifs is 1. The maximum atomic E-state index is 14.1. The van der Waals surface area contributed by atoms with Crippen LogP contribution in [0.15, 0.2) is 103 Å². The molecule has 0 unspecified atom stereocenters. The Kier molecular flexibility index (Phi) is 7.69. The number of ether oxygens (including phenoxy) is 2. The molecule has 0 N–H and O–H groups in total. The van der Waals surface area contributed by atoms with Crippen LogP contribution in [0.3, 0.4) is 0 Å². The van der Waals surface area contributed by atoms with Crippen molar-refractivity contribution in [3.8, 4) is 5.75 Å². The average Bonchev–Trinajstić information content (AvgIpc) is 3.03. The van der Waals surface area contributed by atoms with Gasteiger partial charge in [0, 0.05) is 25.3 Å². The van der Waals surface area contributed by atoms with Gasteiger partial charge >= 0.3 is 0 Å². The first-order chi connectivity index (χ1) is 20.1. The van der Waals surface area contributed by atoms with Gasteiger partial charge in [0.15, 0.2) is 6.61 Å². The number of carbonyl (C=O) groups excluding carboxylic acids is 2. The molecule has 0 bridgehead atoms. The summed E-state index contributed by atoms with van der Waals surface area (Å²) < 4.78 is 11.2. The Labute approximate surface area is 240 Å². The molecule has 2 amide bonds. The van der Waals surface area contributed by atoms with Gasteiger partial charge in [-0.1, -0.05) is 72.3 Å². The Morgan fingerprint density at radius 1 is 0.854 bits per heavy atom. The van der Waals surface area contributed by atoms with E-state index in [4.69, 9.17) is 9.47 Å². The second-order valence-electron chi connectivity index (χ2n) is 10.4. The van der Waals surface area contributed by atoms with Gasteiger partial charge in [-0.15, -0.1) is 0 Å². The van der Waals surface area contributed by atoms with Crippen LogP contribution >= 0.6 is 0 Å². The SMILES string of the molecule is Cc1ccc(N2C(=O)c3ccccc3N(Cc3ccccc3)[C@H]2c2ccc(OCC(=O)N3CCOCC3)cc2)cc1. The van der Waals surface area contributed by atoms with E-state index in [1.165, 1.54) is 0 Å². The molecule has 4 aromatic rings. The van der Waals surface area contributed by atoms with Crippen molar-refractivity contribution >= 4 is 23.2 Å². The first kappa shape index (κ1) is 26.6. The van der Waals surface area contributed by atoms with Gasteiger partial charge in [-0.25, -0.2) is 0 Å². The van der Waals surface area contributed by atoms with Crippen LogP contribution in [0.1, 0.15) is 33.2 Å². The molecule has 0 radical (unpaired) electrons. The molecule has 6 rings (SSSR count). The zero-order valence-electron chi connectivity index (χ0n) is 23.1. The summed E-state index contributed by atoms with van der Waals surface area (Å²) in [6.07, 6.45) is -0.399. The highest BCUT2D eigenvalue weighted by Crippen LogP contribution is 2.42. The van der Waals surface area contributed by atoms with E-state index >= 15 is 0 Å². The summed E-state index contributed by atoms with van der Waals surface area (Å²) in [5.41, 5.74) is 5.61. The Balaban J connectivity index is 1.35. The second kappa shape index (κ2) is 11.9. The molecule has 0 spiro atoms. The third-order valence-electron chi connectivity index (χ3n) is 7.61. The van der Waals surface area contributed by atoms with Crippen molar-refractivity contribution in [3.63, 3.8) is 0 Å². The van der Waals surface area contributed by atoms with Gasteiger partial charge in [0.25, 0.3) is 11.8 Å². The molecule has 1 fully saturated rings. The van der Waals surface area contributed by atoms with Crippen molar-refractivity contribution in [2.75, 3.05) is 42.7 Å². The van der Waals surface area contributed by atoms with Gasteiger partial charge in [0.1, 0.15) is 11.9 Å². The van der Waals surface area contributed by atoms with Crippen LogP contribution in [-0.2, 0) is 16.1 Å². The largest absolute Gasteiger partial charge is 0.484 e. The maximum Gasteiger partial charge on any atom is 0.262 e. The molecule has 7 heteroatoms. The molecule has 2 heterocycles. The Morgan fingerprint density at radius 2 is 1.54 bits per heavy atom. The van der Waals surface area contributed by atoms with Crippen LogP contribution in [0.2, 0.25) is 0 Å². The molecule has 7 nitrogen and oxygen atoms in total. The lowest BCUT2D eigenvalue weighted by molar-refractivity contribution is -0.137. The average molecular weight is 548 g/mol. The zero-order chi connectivity index (χ0) is 28.2. The summed E-state index contributed by atoms with van der Waals surface area (Å²) in [5.74, 6) is 0.510. The molecular formula is C34H33N3O4. The standard InChI is InChI=1S/C34H33N3O4/c1-25-11-15-28(16-12-25)37-33(27-13-17-29(18-14-27)41-24-32(38)35-19-21-40-22-20-35)36(23-26-7-3-2-4-8-26)31-10-6-5-9-30(31)34(37)39/h2-18,33H,19-24H2,1H3/t33-/m1/s1. The van der Waals surface area contributed by atoms with Crippen molar-refractivity contribution < 1.29 is 19.1 Å².